The Morgan fingerprint density at radius 2 is 1.89 bits per heavy atom. The zero-order chi connectivity index (χ0) is 18.9. The Balaban J connectivity index is 1.39. The van der Waals surface area contributed by atoms with Crippen molar-refractivity contribution in [2.24, 2.45) is 4.99 Å². The molecule has 0 spiro atoms. The zero-order valence-corrected chi connectivity index (χ0v) is 15.7. The maximum atomic E-state index is 5.58. The number of unbranched alkanes of at least 4 members (excludes halogenated alkanes) is 1. The molecule has 3 aromatic rings. The van der Waals surface area contributed by atoms with E-state index in [1.54, 1.807) is 26.0 Å². The normalized spacial score (nSPS) is 11.6. The molecule has 8 heteroatoms. The Morgan fingerprint density at radius 3 is 2.63 bits per heavy atom. The average molecular weight is 367 g/mol. The highest BCUT2D eigenvalue weighted by Crippen LogP contribution is 2.18. The Morgan fingerprint density at radius 1 is 1.11 bits per heavy atom. The fourth-order valence-corrected chi connectivity index (χ4v) is 2.58. The van der Waals surface area contributed by atoms with E-state index >= 15 is 0 Å². The van der Waals surface area contributed by atoms with Gasteiger partial charge in [-0.3, -0.25) is 4.99 Å². The third-order valence-corrected chi connectivity index (χ3v) is 4.11. The predicted octanol–water partition coefficient (Wildman–Crippen LogP) is 2.39. The summed E-state index contributed by atoms with van der Waals surface area (Å²) in [5, 5.41) is 14.2. The van der Waals surface area contributed by atoms with Gasteiger partial charge in [0.15, 0.2) is 5.96 Å². The van der Waals surface area contributed by atoms with Crippen molar-refractivity contribution in [1.29, 1.82) is 0 Å². The first-order valence-electron chi connectivity index (χ1n) is 9.03. The van der Waals surface area contributed by atoms with Crippen LogP contribution in [0.5, 0.6) is 0 Å². The molecule has 2 N–H and O–H groups in total. The SMILES string of the molecule is CN=C(NCCCCn1cnnc1)NCc1coc(-c2ccc(C)cc2)n1. The minimum absolute atomic E-state index is 0.551. The molecule has 0 unspecified atom stereocenters. The standard InChI is InChI=1S/C19H25N7O/c1-15-5-7-16(8-6-15)18-25-17(12-27-18)11-22-19(20-2)21-9-3-4-10-26-13-23-24-14-26/h5-8,12-14H,3-4,9-11H2,1-2H3,(H2,20,21,22). The van der Waals surface area contributed by atoms with Crippen LogP contribution in [0, 0.1) is 6.92 Å². The first-order chi connectivity index (χ1) is 13.2. The maximum absolute atomic E-state index is 5.58. The number of oxazole rings is 1. The van der Waals surface area contributed by atoms with Crippen molar-refractivity contribution < 1.29 is 4.42 Å². The number of benzene rings is 1. The Bertz CT molecular complexity index is 837. The summed E-state index contributed by atoms with van der Waals surface area (Å²) in [6.07, 6.45) is 7.22. The number of nitrogens with zero attached hydrogens (tertiary/aromatic N) is 5. The highest BCUT2D eigenvalue weighted by Gasteiger charge is 2.07. The van der Waals surface area contributed by atoms with Crippen LogP contribution < -0.4 is 10.6 Å². The molecule has 142 valence electrons. The van der Waals surface area contributed by atoms with E-state index in [-0.39, 0.29) is 0 Å². The summed E-state index contributed by atoms with van der Waals surface area (Å²) in [6, 6.07) is 8.12. The molecule has 0 atom stereocenters. The molecule has 0 aliphatic carbocycles. The molecule has 3 rings (SSSR count). The fourth-order valence-electron chi connectivity index (χ4n) is 2.58. The van der Waals surface area contributed by atoms with Crippen molar-refractivity contribution in [3.8, 4) is 11.5 Å². The van der Waals surface area contributed by atoms with E-state index in [1.807, 2.05) is 28.8 Å². The van der Waals surface area contributed by atoms with Crippen molar-refractivity contribution in [2.75, 3.05) is 13.6 Å². The van der Waals surface area contributed by atoms with Crippen LogP contribution in [0.4, 0.5) is 0 Å². The van der Waals surface area contributed by atoms with Gasteiger partial charge in [0.25, 0.3) is 0 Å². The van der Waals surface area contributed by atoms with E-state index < -0.39 is 0 Å². The number of rotatable bonds is 8. The van der Waals surface area contributed by atoms with Gasteiger partial charge in [-0.2, -0.15) is 0 Å². The number of aryl methyl sites for hydroxylation is 2. The van der Waals surface area contributed by atoms with Crippen molar-refractivity contribution in [2.45, 2.75) is 32.9 Å². The lowest BCUT2D eigenvalue weighted by Crippen LogP contribution is -2.37. The lowest BCUT2D eigenvalue weighted by Gasteiger charge is -2.10. The summed E-state index contributed by atoms with van der Waals surface area (Å²) in [4.78, 5) is 8.76. The number of hydrogen-bond donors (Lipinski definition) is 2. The van der Waals surface area contributed by atoms with Crippen LogP contribution in [0.1, 0.15) is 24.1 Å². The Kier molecular flexibility index (Phi) is 6.56. The summed E-state index contributed by atoms with van der Waals surface area (Å²) >= 11 is 0. The van der Waals surface area contributed by atoms with Gasteiger partial charge < -0.3 is 19.6 Å². The van der Waals surface area contributed by atoms with Gasteiger partial charge in [0.2, 0.25) is 5.89 Å². The molecule has 0 saturated carbocycles. The fraction of sp³-hybridized carbons (Fsp3) is 0.368. The smallest absolute Gasteiger partial charge is 0.226 e. The van der Waals surface area contributed by atoms with Crippen LogP contribution in [0.15, 0.2) is 52.6 Å². The average Bonchev–Trinajstić information content (AvgIpc) is 3.36. The molecule has 0 saturated heterocycles. The van der Waals surface area contributed by atoms with Gasteiger partial charge in [-0.05, 0) is 31.9 Å². The summed E-state index contributed by atoms with van der Waals surface area (Å²) in [5.74, 6) is 1.38. The number of aliphatic imine (C=N–C) groups is 1. The van der Waals surface area contributed by atoms with Crippen LogP contribution in [0.25, 0.3) is 11.5 Å². The molecule has 2 heterocycles. The summed E-state index contributed by atoms with van der Waals surface area (Å²) < 4.78 is 7.56. The Labute approximate surface area is 158 Å². The molecule has 2 aromatic heterocycles. The molecule has 0 bridgehead atoms. The number of nitrogens with one attached hydrogen (secondary N) is 2. The van der Waals surface area contributed by atoms with Crippen LogP contribution in [0.3, 0.4) is 0 Å². The number of aromatic nitrogens is 4. The molecule has 0 radical (unpaired) electrons. The lowest BCUT2D eigenvalue weighted by molar-refractivity contribution is 0.572. The van der Waals surface area contributed by atoms with Crippen LogP contribution in [0.2, 0.25) is 0 Å². The minimum Gasteiger partial charge on any atom is -0.444 e. The number of guanidine groups is 1. The third-order valence-electron chi connectivity index (χ3n) is 4.11. The highest BCUT2D eigenvalue weighted by atomic mass is 16.3. The van der Waals surface area contributed by atoms with E-state index in [9.17, 15) is 0 Å². The van der Waals surface area contributed by atoms with E-state index in [1.165, 1.54) is 5.56 Å². The van der Waals surface area contributed by atoms with Crippen molar-refractivity contribution in [3.63, 3.8) is 0 Å². The lowest BCUT2D eigenvalue weighted by atomic mass is 10.1. The van der Waals surface area contributed by atoms with E-state index in [0.29, 0.717) is 12.4 Å². The van der Waals surface area contributed by atoms with E-state index in [4.69, 9.17) is 4.42 Å². The molecular weight excluding hydrogens is 342 g/mol. The second-order valence-corrected chi connectivity index (χ2v) is 6.27. The molecule has 0 amide bonds. The van der Waals surface area contributed by atoms with Crippen molar-refractivity contribution in [3.05, 3.63) is 54.4 Å². The monoisotopic (exact) mass is 367 g/mol. The van der Waals surface area contributed by atoms with Gasteiger partial charge in [-0.25, -0.2) is 4.98 Å². The van der Waals surface area contributed by atoms with Crippen molar-refractivity contribution >= 4 is 5.96 Å². The predicted molar refractivity (Wildman–Crippen MR) is 104 cm³/mol. The first-order valence-corrected chi connectivity index (χ1v) is 9.03. The molecule has 1 aromatic carbocycles. The molecule has 0 aliphatic heterocycles. The van der Waals surface area contributed by atoms with Crippen LogP contribution >= 0.6 is 0 Å². The van der Waals surface area contributed by atoms with Gasteiger partial charge in [0, 0.05) is 25.7 Å². The van der Waals surface area contributed by atoms with Crippen molar-refractivity contribution in [1.82, 2.24) is 30.4 Å². The van der Waals surface area contributed by atoms with Gasteiger partial charge in [0.1, 0.15) is 18.9 Å². The van der Waals surface area contributed by atoms with Gasteiger partial charge in [-0.1, -0.05) is 17.7 Å². The quantitative estimate of drug-likeness (QED) is 0.361. The highest BCUT2D eigenvalue weighted by molar-refractivity contribution is 5.79. The largest absolute Gasteiger partial charge is 0.444 e. The molecule has 0 aliphatic rings. The van der Waals surface area contributed by atoms with Crippen LogP contribution in [-0.2, 0) is 13.1 Å². The molecule has 8 nitrogen and oxygen atoms in total. The van der Waals surface area contributed by atoms with Crippen LogP contribution in [-0.4, -0.2) is 39.3 Å². The Hall–Kier alpha value is -3.16. The second-order valence-electron chi connectivity index (χ2n) is 6.27. The summed E-state index contributed by atoms with van der Waals surface area (Å²) in [6.45, 7) is 4.37. The molecule has 0 fully saturated rings. The van der Waals surface area contributed by atoms with Gasteiger partial charge >= 0.3 is 0 Å². The zero-order valence-electron chi connectivity index (χ0n) is 15.7. The summed E-state index contributed by atoms with van der Waals surface area (Å²) in [7, 11) is 1.76. The maximum Gasteiger partial charge on any atom is 0.226 e. The van der Waals surface area contributed by atoms with Gasteiger partial charge in [-0.15, -0.1) is 10.2 Å². The summed E-state index contributed by atoms with van der Waals surface area (Å²) in [5.41, 5.74) is 3.02. The molecule has 27 heavy (non-hydrogen) atoms. The minimum atomic E-state index is 0.551. The second kappa shape index (κ2) is 9.51. The topological polar surface area (TPSA) is 93.2 Å². The third kappa shape index (κ3) is 5.67. The van der Waals surface area contributed by atoms with E-state index in [0.717, 1.165) is 43.1 Å². The van der Waals surface area contributed by atoms with Gasteiger partial charge in [0.05, 0.1) is 12.2 Å². The molecular formula is C19H25N7O. The number of hydrogen-bond acceptors (Lipinski definition) is 5. The first kappa shape index (κ1) is 18.6. The van der Waals surface area contributed by atoms with E-state index in [2.05, 4.69) is 37.7 Å².